The van der Waals surface area contributed by atoms with E-state index in [1.807, 2.05) is 6.92 Å². The first kappa shape index (κ1) is 11.6. The van der Waals surface area contributed by atoms with Gasteiger partial charge < -0.3 is 5.11 Å². The maximum atomic E-state index is 13.6. The van der Waals surface area contributed by atoms with E-state index in [1.165, 1.54) is 0 Å². The van der Waals surface area contributed by atoms with Gasteiger partial charge in [-0.05, 0) is 52.4 Å². The van der Waals surface area contributed by atoms with Crippen LogP contribution in [0.25, 0.3) is 0 Å². The molecule has 2 nitrogen and oxygen atoms in total. The van der Waals surface area contributed by atoms with Crippen molar-refractivity contribution in [3.63, 3.8) is 0 Å². The monoisotopic (exact) mass is 286 g/mol. The van der Waals surface area contributed by atoms with Gasteiger partial charge in [0.2, 0.25) is 0 Å². The molecule has 0 unspecified atom stereocenters. The molecule has 0 spiro atoms. The molecule has 0 atom stereocenters. The number of rotatable bonds is 3. The lowest BCUT2D eigenvalue weighted by atomic mass is 9.94. The Hall–Kier alpha value is -0.900. The Morgan fingerprint density at radius 3 is 2.62 bits per heavy atom. The van der Waals surface area contributed by atoms with Crippen molar-refractivity contribution in [2.45, 2.75) is 31.6 Å². The van der Waals surface area contributed by atoms with Crippen molar-refractivity contribution in [2.75, 3.05) is 0 Å². The summed E-state index contributed by atoms with van der Waals surface area (Å²) in [4.78, 5) is 11.2. The number of hydrogen-bond acceptors (Lipinski definition) is 1. The highest BCUT2D eigenvalue weighted by atomic mass is 79.9. The Morgan fingerprint density at radius 2 is 2.19 bits per heavy atom. The fourth-order valence-electron chi connectivity index (χ4n) is 1.93. The van der Waals surface area contributed by atoms with E-state index < -0.39 is 11.4 Å². The zero-order valence-electron chi connectivity index (χ0n) is 8.89. The molecule has 1 fully saturated rings. The summed E-state index contributed by atoms with van der Waals surface area (Å²) in [5.41, 5.74) is 0.516. The summed E-state index contributed by atoms with van der Waals surface area (Å²) in [5.74, 6) is -1.10. The predicted molar refractivity (Wildman–Crippen MR) is 62.0 cm³/mol. The molecule has 0 bridgehead atoms. The lowest BCUT2D eigenvalue weighted by molar-refractivity contribution is -0.140. The van der Waals surface area contributed by atoms with Crippen molar-refractivity contribution in [2.24, 2.45) is 0 Å². The molecule has 0 aliphatic heterocycles. The molecule has 0 saturated heterocycles. The Kier molecular flexibility index (Phi) is 2.78. The van der Waals surface area contributed by atoms with Gasteiger partial charge in [0.15, 0.2) is 0 Å². The van der Waals surface area contributed by atoms with Crippen LogP contribution in [0.3, 0.4) is 0 Å². The number of carboxylic acid groups (broad SMARTS) is 1. The zero-order chi connectivity index (χ0) is 11.9. The van der Waals surface area contributed by atoms with Crippen LogP contribution >= 0.6 is 15.9 Å². The first-order valence-electron chi connectivity index (χ1n) is 5.23. The van der Waals surface area contributed by atoms with Gasteiger partial charge >= 0.3 is 5.97 Å². The van der Waals surface area contributed by atoms with Crippen LogP contribution in [0.1, 0.15) is 30.9 Å². The Labute approximate surface area is 102 Å². The quantitative estimate of drug-likeness (QED) is 0.926. The fraction of sp³-hybridized carbons (Fsp3) is 0.417. The van der Waals surface area contributed by atoms with Crippen LogP contribution in [0.5, 0.6) is 0 Å². The number of halogens is 2. The molecule has 1 aliphatic rings. The maximum Gasteiger partial charge on any atom is 0.314 e. The van der Waals surface area contributed by atoms with Crippen LogP contribution in [0.2, 0.25) is 0 Å². The summed E-state index contributed by atoms with van der Waals surface area (Å²) in [6.07, 6.45) is 1.85. The van der Waals surface area contributed by atoms with Crippen LogP contribution in [-0.4, -0.2) is 11.1 Å². The summed E-state index contributed by atoms with van der Waals surface area (Å²) in [5, 5.41) is 9.17. The van der Waals surface area contributed by atoms with E-state index in [0.29, 0.717) is 34.9 Å². The van der Waals surface area contributed by atoms with Crippen LogP contribution < -0.4 is 0 Å². The van der Waals surface area contributed by atoms with Gasteiger partial charge in [-0.15, -0.1) is 0 Å². The summed E-state index contributed by atoms with van der Waals surface area (Å²) in [7, 11) is 0. The zero-order valence-corrected chi connectivity index (χ0v) is 10.5. The Morgan fingerprint density at radius 1 is 1.56 bits per heavy atom. The third kappa shape index (κ3) is 1.65. The molecule has 0 radical (unpaired) electrons. The maximum absolute atomic E-state index is 13.6. The number of carbonyl (C=O) groups is 1. The first-order chi connectivity index (χ1) is 7.51. The number of aryl methyl sites for hydroxylation is 1. The van der Waals surface area contributed by atoms with Gasteiger partial charge in [0.25, 0.3) is 0 Å². The summed E-state index contributed by atoms with van der Waals surface area (Å²) in [6.45, 7) is 1.86. The molecule has 1 aromatic carbocycles. The molecule has 86 valence electrons. The molecule has 1 aliphatic carbocycles. The molecular formula is C12H12BrFO2. The Bertz CT molecular complexity index is 453. The smallest absolute Gasteiger partial charge is 0.314 e. The van der Waals surface area contributed by atoms with E-state index in [4.69, 9.17) is 0 Å². The van der Waals surface area contributed by atoms with E-state index >= 15 is 0 Å². The minimum Gasteiger partial charge on any atom is -0.481 e. The number of hydrogen-bond donors (Lipinski definition) is 1. The van der Waals surface area contributed by atoms with Gasteiger partial charge in [-0.2, -0.15) is 0 Å². The second kappa shape index (κ2) is 3.84. The van der Waals surface area contributed by atoms with Gasteiger partial charge in [0.1, 0.15) is 5.82 Å². The molecule has 2 rings (SSSR count). The van der Waals surface area contributed by atoms with Crippen molar-refractivity contribution in [3.8, 4) is 0 Å². The number of aliphatic carboxylic acids is 1. The number of benzene rings is 1. The molecule has 1 N–H and O–H groups in total. The third-order valence-electron chi connectivity index (χ3n) is 3.20. The lowest BCUT2D eigenvalue weighted by Gasteiger charge is -2.13. The minimum absolute atomic E-state index is 0.285. The lowest BCUT2D eigenvalue weighted by Crippen LogP contribution is -2.20. The molecular weight excluding hydrogens is 275 g/mol. The normalized spacial score (nSPS) is 17.2. The largest absolute Gasteiger partial charge is 0.481 e. The summed E-state index contributed by atoms with van der Waals surface area (Å²) < 4.78 is 14.0. The van der Waals surface area contributed by atoms with Crippen LogP contribution in [0.4, 0.5) is 4.39 Å². The standard InChI is InChI=1S/C12H12BrFO2/c1-2-7-5-8(6-9(13)10(7)14)12(3-4-12)11(15)16/h5-6H,2-4H2,1H3,(H,15,16). The summed E-state index contributed by atoms with van der Waals surface area (Å²) >= 11 is 3.14. The average Bonchev–Trinajstić information content (AvgIpc) is 3.02. The van der Waals surface area contributed by atoms with Crippen molar-refractivity contribution in [1.29, 1.82) is 0 Å². The van der Waals surface area contributed by atoms with Gasteiger partial charge in [-0.25, -0.2) is 4.39 Å². The second-order valence-corrected chi connectivity index (χ2v) is 5.03. The van der Waals surface area contributed by atoms with Crippen LogP contribution in [0, 0.1) is 5.82 Å². The van der Waals surface area contributed by atoms with Gasteiger partial charge in [-0.1, -0.05) is 13.0 Å². The summed E-state index contributed by atoms with van der Waals surface area (Å²) in [6, 6.07) is 3.27. The van der Waals surface area contributed by atoms with E-state index in [-0.39, 0.29) is 5.82 Å². The van der Waals surface area contributed by atoms with E-state index in [2.05, 4.69) is 15.9 Å². The highest BCUT2D eigenvalue weighted by Crippen LogP contribution is 2.49. The van der Waals surface area contributed by atoms with Gasteiger partial charge in [0.05, 0.1) is 9.89 Å². The minimum atomic E-state index is -0.812. The van der Waals surface area contributed by atoms with Gasteiger partial charge in [-0.3, -0.25) is 4.79 Å². The third-order valence-corrected chi connectivity index (χ3v) is 3.77. The number of carboxylic acids is 1. The molecule has 0 heterocycles. The van der Waals surface area contributed by atoms with Crippen molar-refractivity contribution < 1.29 is 14.3 Å². The molecule has 16 heavy (non-hydrogen) atoms. The fourth-order valence-corrected chi connectivity index (χ4v) is 2.43. The first-order valence-corrected chi connectivity index (χ1v) is 6.02. The van der Waals surface area contributed by atoms with E-state index in [1.54, 1.807) is 12.1 Å². The highest BCUT2D eigenvalue weighted by molar-refractivity contribution is 9.10. The van der Waals surface area contributed by atoms with Crippen LogP contribution in [0.15, 0.2) is 16.6 Å². The molecule has 1 saturated carbocycles. The van der Waals surface area contributed by atoms with E-state index in [9.17, 15) is 14.3 Å². The van der Waals surface area contributed by atoms with Crippen molar-refractivity contribution >= 4 is 21.9 Å². The highest BCUT2D eigenvalue weighted by Gasteiger charge is 2.52. The Balaban J connectivity index is 2.51. The SMILES string of the molecule is CCc1cc(C2(C(=O)O)CC2)cc(Br)c1F. The predicted octanol–water partition coefficient (Wildman–Crippen LogP) is 3.27. The van der Waals surface area contributed by atoms with Crippen molar-refractivity contribution in [1.82, 2.24) is 0 Å². The molecule has 4 heteroatoms. The molecule has 0 amide bonds. The molecule has 1 aromatic rings. The molecule has 0 aromatic heterocycles. The van der Waals surface area contributed by atoms with E-state index in [0.717, 1.165) is 0 Å². The average molecular weight is 287 g/mol. The van der Waals surface area contributed by atoms with Crippen molar-refractivity contribution in [3.05, 3.63) is 33.5 Å². The van der Waals surface area contributed by atoms with Crippen LogP contribution in [-0.2, 0) is 16.6 Å². The van der Waals surface area contributed by atoms with Gasteiger partial charge in [0, 0.05) is 0 Å². The topological polar surface area (TPSA) is 37.3 Å². The second-order valence-electron chi connectivity index (χ2n) is 4.17.